The van der Waals surface area contributed by atoms with Gasteiger partial charge in [-0.15, -0.1) is 0 Å². The van der Waals surface area contributed by atoms with Gasteiger partial charge in [0.25, 0.3) is 11.8 Å². The van der Waals surface area contributed by atoms with Crippen LogP contribution in [-0.2, 0) is 12.8 Å². The van der Waals surface area contributed by atoms with Gasteiger partial charge >= 0.3 is 5.63 Å². The molecule has 138 valence electrons. The summed E-state index contributed by atoms with van der Waals surface area (Å²) in [6.45, 7) is 1.52. The fourth-order valence-corrected chi connectivity index (χ4v) is 2.98. The van der Waals surface area contributed by atoms with Crippen molar-refractivity contribution in [3.8, 4) is 0 Å². The minimum Gasteiger partial charge on any atom is -0.427 e. The van der Waals surface area contributed by atoms with E-state index in [0.29, 0.717) is 17.7 Å². The second-order valence-corrected chi connectivity index (χ2v) is 6.77. The van der Waals surface area contributed by atoms with Gasteiger partial charge in [0.1, 0.15) is 11.3 Å². The van der Waals surface area contributed by atoms with Gasteiger partial charge < -0.3 is 9.73 Å². The van der Waals surface area contributed by atoms with E-state index in [9.17, 15) is 18.4 Å². The van der Waals surface area contributed by atoms with E-state index in [1.54, 1.807) is 13.0 Å². The summed E-state index contributed by atoms with van der Waals surface area (Å²) in [6.07, 6.45) is 2.04. The minimum atomic E-state index is -2.70. The lowest BCUT2D eigenvalue weighted by Crippen LogP contribution is -2.32. The number of alkyl halides is 2. The Kier molecular flexibility index (Phi) is 5.20. The smallest absolute Gasteiger partial charge is 0.349 e. The molecule has 1 N–H and O–H groups in total. The fourth-order valence-electron chi connectivity index (χ4n) is 2.98. The zero-order valence-corrected chi connectivity index (χ0v) is 14.6. The quantitative estimate of drug-likeness (QED) is 0.821. The van der Waals surface area contributed by atoms with Crippen molar-refractivity contribution < 1.29 is 18.0 Å². The van der Waals surface area contributed by atoms with Crippen LogP contribution < -0.4 is 10.9 Å². The van der Waals surface area contributed by atoms with Crippen molar-refractivity contribution in [2.24, 2.45) is 5.92 Å². The monoisotopic (exact) mass is 361 g/mol. The number of aryl methyl sites for hydroxylation is 3. The molecule has 0 saturated heterocycles. The number of benzene rings is 1. The largest absolute Gasteiger partial charge is 0.427 e. The van der Waals surface area contributed by atoms with E-state index >= 15 is 0 Å². The fraction of sp³-hybridized carbons (Fsp3) is 0.400. The Balaban J connectivity index is 1.59. The van der Waals surface area contributed by atoms with Crippen molar-refractivity contribution in [2.75, 3.05) is 6.54 Å². The third-order valence-electron chi connectivity index (χ3n) is 4.62. The van der Waals surface area contributed by atoms with Crippen molar-refractivity contribution in [3.63, 3.8) is 0 Å². The van der Waals surface area contributed by atoms with Crippen LogP contribution in [0.4, 0.5) is 8.78 Å². The standard InChI is InChI=1S/C20H21F2NO3/c1-13-10-16(9-5-8-14-6-3-2-4-7-14)26-19(25)17(13)18(24)23-12-15-11-20(15,21)22/h2-4,6-7,10,15H,5,8-9,11-12H2,1H3,(H,23,24). The summed E-state index contributed by atoms with van der Waals surface area (Å²) < 4.78 is 31.0. The number of carbonyl (C=O) groups excluding carboxylic acids is 1. The minimum absolute atomic E-state index is 0.110. The Morgan fingerprint density at radius 1 is 1.27 bits per heavy atom. The van der Waals surface area contributed by atoms with Crippen molar-refractivity contribution >= 4 is 5.91 Å². The lowest BCUT2D eigenvalue weighted by atomic mass is 10.1. The molecule has 1 heterocycles. The zero-order chi connectivity index (χ0) is 18.7. The summed E-state index contributed by atoms with van der Waals surface area (Å²) >= 11 is 0. The van der Waals surface area contributed by atoms with Crippen LogP contribution in [0.3, 0.4) is 0 Å². The first kappa shape index (κ1) is 18.3. The molecule has 0 bridgehead atoms. The molecule has 0 radical (unpaired) electrons. The Morgan fingerprint density at radius 3 is 2.58 bits per heavy atom. The van der Waals surface area contributed by atoms with E-state index in [1.165, 1.54) is 5.56 Å². The first-order chi connectivity index (χ1) is 12.4. The summed E-state index contributed by atoms with van der Waals surface area (Å²) in [7, 11) is 0. The summed E-state index contributed by atoms with van der Waals surface area (Å²) in [5.74, 6) is -3.67. The van der Waals surface area contributed by atoms with E-state index in [1.807, 2.05) is 30.3 Å². The summed E-state index contributed by atoms with van der Waals surface area (Å²) in [5.41, 5.74) is 0.871. The molecule has 26 heavy (non-hydrogen) atoms. The lowest BCUT2D eigenvalue weighted by Gasteiger charge is -2.08. The average Bonchev–Trinajstić information content (AvgIpc) is 3.20. The van der Waals surface area contributed by atoms with Gasteiger partial charge in [0.15, 0.2) is 0 Å². The van der Waals surface area contributed by atoms with Crippen LogP contribution in [0.15, 0.2) is 45.6 Å². The third kappa shape index (κ3) is 4.36. The Hall–Kier alpha value is -2.50. The summed E-state index contributed by atoms with van der Waals surface area (Å²) in [5, 5.41) is 2.40. The molecular weight excluding hydrogens is 340 g/mol. The number of nitrogens with one attached hydrogen (secondary N) is 1. The molecule has 1 aromatic heterocycles. The summed E-state index contributed by atoms with van der Waals surface area (Å²) in [6, 6.07) is 11.7. The number of hydrogen-bond donors (Lipinski definition) is 1. The van der Waals surface area contributed by atoms with E-state index in [-0.39, 0.29) is 18.5 Å². The molecule has 0 spiro atoms. The Bertz CT molecular complexity index is 846. The maximum atomic E-state index is 12.9. The first-order valence-corrected chi connectivity index (χ1v) is 8.70. The van der Waals surface area contributed by atoms with E-state index in [0.717, 1.165) is 12.8 Å². The van der Waals surface area contributed by atoms with Gasteiger partial charge in [0, 0.05) is 25.3 Å². The van der Waals surface area contributed by atoms with Crippen LogP contribution >= 0.6 is 0 Å². The number of carbonyl (C=O) groups is 1. The average molecular weight is 361 g/mol. The Morgan fingerprint density at radius 2 is 1.96 bits per heavy atom. The highest BCUT2D eigenvalue weighted by Crippen LogP contribution is 2.47. The first-order valence-electron chi connectivity index (χ1n) is 8.70. The van der Waals surface area contributed by atoms with Gasteiger partial charge in [-0.05, 0) is 37.0 Å². The van der Waals surface area contributed by atoms with E-state index in [4.69, 9.17) is 4.42 Å². The van der Waals surface area contributed by atoms with Crippen molar-refractivity contribution in [2.45, 2.75) is 38.5 Å². The van der Waals surface area contributed by atoms with Gasteiger partial charge in [-0.25, -0.2) is 13.6 Å². The molecule has 1 saturated carbocycles. The molecule has 4 nitrogen and oxygen atoms in total. The topological polar surface area (TPSA) is 59.3 Å². The Labute approximate surface area is 150 Å². The molecule has 3 rings (SSSR count). The summed E-state index contributed by atoms with van der Waals surface area (Å²) in [4.78, 5) is 24.3. The highest BCUT2D eigenvalue weighted by Gasteiger charge is 2.56. The molecule has 1 aromatic carbocycles. The van der Waals surface area contributed by atoms with Crippen LogP contribution in [0.2, 0.25) is 0 Å². The molecule has 0 aliphatic heterocycles. The van der Waals surface area contributed by atoms with Crippen molar-refractivity contribution in [3.05, 3.63) is 69.3 Å². The molecule has 2 aromatic rings. The second kappa shape index (κ2) is 7.40. The van der Waals surface area contributed by atoms with Crippen LogP contribution in [0.5, 0.6) is 0 Å². The highest BCUT2D eigenvalue weighted by molar-refractivity contribution is 5.95. The number of halogens is 2. The van der Waals surface area contributed by atoms with Crippen LogP contribution in [0.25, 0.3) is 0 Å². The predicted molar refractivity (Wildman–Crippen MR) is 93.6 cm³/mol. The third-order valence-corrected chi connectivity index (χ3v) is 4.62. The van der Waals surface area contributed by atoms with E-state index in [2.05, 4.69) is 5.32 Å². The van der Waals surface area contributed by atoms with Crippen molar-refractivity contribution in [1.29, 1.82) is 0 Å². The second-order valence-electron chi connectivity index (χ2n) is 6.77. The number of rotatable bonds is 7. The van der Waals surface area contributed by atoms with Gasteiger partial charge in [0.05, 0.1) is 0 Å². The van der Waals surface area contributed by atoms with Gasteiger partial charge in [-0.3, -0.25) is 4.79 Å². The molecule has 1 aliphatic carbocycles. The number of hydrogen-bond acceptors (Lipinski definition) is 3. The molecule has 1 atom stereocenters. The van der Waals surface area contributed by atoms with Crippen LogP contribution in [0.1, 0.15) is 40.1 Å². The van der Waals surface area contributed by atoms with Gasteiger partial charge in [-0.2, -0.15) is 0 Å². The van der Waals surface area contributed by atoms with Crippen LogP contribution in [0, 0.1) is 12.8 Å². The maximum Gasteiger partial charge on any atom is 0.349 e. The molecule has 6 heteroatoms. The molecular formula is C20H21F2NO3. The molecule has 1 aliphatic rings. The van der Waals surface area contributed by atoms with Crippen LogP contribution in [-0.4, -0.2) is 18.4 Å². The van der Waals surface area contributed by atoms with Gasteiger partial charge in [-0.1, -0.05) is 30.3 Å². The zero-order valence-electron chi connectivity index (χ0n) is 14.6. The maximum absolute atomic E-state index is 12.9. The molecule has 1 unspecified atom stereocenters. The normalized spacial score (nSPS) is 17.7. The van der Waals surface area contributed by atoms with Crippen molar-refractivity contribution in [1.82, 2.24) is 5.32 Å². The van der Waals surface area contributed by atoms with E-state index < -0.39 is 23.4 Å². The molecule has 1 amide bonds. The highest BCUT2D eigenvalue weighted by atomic mass is 19.3. The predicted octanol–water partition coefficient (Wildman–Crippen LogP) is 3.51. The molecule has 1 fully saturated rings. The number of amides is 1. The SMILES string of the molecule is Cc1cc(CCCc2ccccc2)oc(=O)c1C(=O)NCC1CC1(F)F. The van der Waals surface area contributed by atoms with Gasteiger partial charge in [0.2, 0.25) is 0 Å². The lowest BCUT2D eigenvalue weighted by molar-refractivity contribution is 0.0892.